The maximum atomic E-state index is 12.6. The molecule has 3 N–H and O–H groups in total. The number of rotatable bonds is 3. The van der Waals surface area contributed by atoms with E-state index in [0.717, 1.165) is 55.2 Å². The number of thiophene rings is 2. The zero-order chi connectivity index (χ0) is 20.5. The number of fused-ring (bicyclic) bond motifs is 2. The van der Waals surface area contributed by atoms with E-state index in [1.165, 1.54) is 28.2 Å². The molecule has 6 nitrogen and oxygen atoms in total. The summed E-state index contributed by atoms with van der Waals surface area (Å²) in [6.45, 7) is 2.25. The van der Waals surface area contributed by atoms with Gasteiger partial charge in [0.1, 0.15) is 5.00 Å². The molecule has 0 fully saturated rings. The predicted molar refractivity (Wildman–Crippen MR) is 120 cm³/mol. The SMILES string of the molecule is COC(=O)c1c(NC(=S)NNC(=O)c2csc3c2CCC(C)C3)sc2c1CCC2. The molecular weight excluding hydrogens is 426 g/mol. The molecule has 0 spiro atoms. The average Bonchev–Trinajstić information content (AvgIpc) is 3.39. The summed E-state index contributed by atoms with van der Waals surface area (Å²) in [6.07, 6.45) is 5.97. The van der Waals surface area contributed by atoms with Crippen LogP contribution in [0.4, 0.5) is 5.00 Å². The monoisotopic (exact) mass is 449 g/mol. The van der Waals surface area contributed by atoms with Gasteiger partial charge in [-0.25, -0.2) is 4.79 Å². The molecular formula is C20H23N3O3S3. The van der Waals surface area contributed by atoms with Crippen molar-refractivity contribution in [2.24, 2.45) is 5.92 Å². The molecule has 1 atom stereocenters. The third-order valence-electron chi connectivity index (χ3n) is 5.47. The number of aryl methyl sites for hydroxylation is 1. The molecule has 154 valence electrons. The molecule has 2 aromatic rings. The number of hydrogen-bond acceptors (Lipinski definition) is 6. The third-order valence-corrected chi connectivity index (χ3v) is 7.94. The maximum Gasteiger partial charge on any atom is 0.341 e. The van der Waals surface area contributed by atoms with Gasteiger partial charge in [-0.1, -0.05) is 6.92 Å². The van der Waals surface area contributed by atoms with Crippen molar-refractivity contribution < 1.29 is 14.3 Å². The fourth-order valence-electron chi connectivity index (χ4n) is 3.99. The topological polar surface area (TPSA) is 79.5 Å². The normalized spacial score (nSPS) is 17.2. The molecule has 1 amide bonds. The Kier molecular flexibility index (Phi) is 5.89. The summed E-state index contributed by atoms with van der Waals surface area (Å²) in [5.41, 5.74) is 8.93. The first-order valence-electron chi connectivity index (χ1n) is 9.67. The van der Waals surface area contributed by atoms with E-state index < -0.39 is 0 Å². The van der Waals surface area contributed by atoms with Crippen molar-refractivity contribution in [3.05, 3.63) is 37.4 Å². The molecule has 0 saturated heterocycles. The van der Waals surface area contributed by atoms with E-state index in [1.807, 2.05) is 5.38 Å². The van der Waals surface area contributed by atoms with Gasteiger partial charge < -0.3 is 10.1 Å². The summed E-state index contributed by atoms with van der Waals surface area (Å²) in [6, 6.07) is 0. The fourth-order valence-corrected chi connectivity index (χ4v) is 6.74. The molecule has 2 aromatic heterocycles. The molecule has 2 aliphatic carbocycles. The molecule has 4 rings (SSSR count). The highest BCUT2D eigenvalue weighted by Crippen LogP contribution is 2.39. The molecule has 1 unspecified atom stereocenters. The van der Waals surface area contributed by atoms with Crippen molar-refractivity contribution in [2.45, 2.75) is 45.4 Å². The van der Waals surface area contributed by atoms with Crippen molar-refractivity contribution in [3.63, 3.8) is 0 Å². The first-order valence-corrected chi connectivity index (χ1v) is 11.8. The lowest BCUT2D eigenvalue weighted by Gasteiger charge is -2.19. The van der Waals surface area contributed by atoms with Crippen molar-refractivity contribution in [2.75, 3.05) is 12.4 Å². The highest BCUT2D eigenvalue weighted by atomic mass is 32.1. The van der Waals surface area contributed by atoms with E-state index >= 15 is 0 Å². The lowest BCUT2D eigenvalue weighted by Crippen LogP contribution is -2.44. The summed E-state index contributed by atoms with van der Waals surface area (Å²) in [4.78, 5) is 27.4. The van der Waals surface area contributed by atoms with Crippen molar-refractivity contribution in [1.29, 1.82) is 0 Å². The smallest absolute Gasteiger partial charge is 0.341 e. The van der Waals surface area contributed by atoms with Crippen molar-refractivity contribution in [3.8, 4) is 0 Å². The fraction of sp³-hybridized carbons (Fsp3) is 0.450. The van der Waals surface area contributed by atoms with Crippen LogP contribution in [0.5, 0.6) is 0 Å². The van der Waals surface area contributed by atoms with Crippen LogP contribution in [-0.2, 0) is 30.4 Å². The second-order valence-electron chi connectivity index (χ2n) is 7.49. The summed E-state index contributed by atoms with van der Waals surface area (Å²) >= 11 is 8.51. The zero-order valence-corrected chi connectivity index (χ0v) is 18.8. The van der Waals surface area contributed by atoms with E-state index in [9.17, 15) is 9.59 Å². The van der Waals surface area contributed by atoms with Crippen LogP contribution < -0.4 is 16.2 Å². The lowest BCUT2D eigenvalue weighted by atomic mass is 9.88. The molecule has 0 aliphatic heterocycles. The number of amides is 1. The van der Waals surface area contributed by atoms with E-state index in [0.29, 0.717) is 16.5 Å². The maximum absolute atomic E-state index is 12.6. The van der Waals surface area contributed by atoms with Gasteiger partial charge in [0, 0.05) is 15.1 Å². The van der Waals surface area contributed by atoms with Gasteiger partial charge in [-0.05, 0) is 67.8 Å². The molecule has 0 saturated carbocycles. The van der Waals surface area contributed by atoms with E-state index in [1.54, 1.807) is 11.3 Å². The quantitative estimate of drug-likeness (QED) is 0.375. The van der Waals surface area contributed by atoms with Gasteiger partial charge in [-0.15, -0.1) is 22.7 Å². The number of carbonyl (C=O) groups excluding carboxylic acids is 2. The lowest BCUT2D eigenvalue weighted by molar-refractivity contribution is 0.0601. The number of esters is 1. The van der Waals surface area contributed by atoms with Gasteiger partial charge in [-0.2, -0.15) is 0 Å². The minimum absolute atomic E-state index is 0.192. The van der Waals surface area contributed by atoms with Crippen LogP contribution in [0.1, 0.15) is 61.4 Å². The number of hydrazine groups is 1. The highest BCUT2D eigenvalue weighted by molar-refractivity contribution is 7.80. The van der Waals surface area contributed by atoms with E-state index in [4.69, 9.17) is 17.0 Å². The Balaban J connectivity index is 1.40. The van der Waals surface area contributed by atoms with Crippen LogP contribution in [0.3, 0.4) is 0 Å². The number of carbonyl (C=O) groups is 2. The van der Waals surface area contributed by atoms with Crippen molar-refractivity contribution >= 4 is 56.9 Å². The predicted octanol–water partition coefficient (Wildman–Crippen LogP) is 3.84. The second kappa shape index (κ2) is 8.41. The van der Waals surface area contributed by atoms with Crippen LogP contribution in [0.2, 0.25) is 0 Å². The molecule has 0 bridgehead atoms. The first-order chi connectivity index (χ1) is 14.0. The average molecular weight is 450 g/mol. The Labute approximate surface area is 183 Å². The number of methoxy groups -OCH3 is 1. The van der Waals surface area contributed by atoms with Gasteiger partial charge in [0.15, 0.2) is 5.11 Å². The highest BCUT2D eigenvalue weighted by Gasteiger charge is 2.28. The number of thiocarbonyl (C=S) groups is 1. The number of hydrogen-bond donors (Lipinski definition) is 3. The molecule has 2 heterocycles. The summed E-state index contributed by atoms with van der Waals surface area (Å²) in [7, 11) is 1.38. The Morgan fingerprint density at radius 2 is 2.00 bits per heavy atom. The van der Waals surface area contributed by atoms with Gasteiger partial charge >= 0.3 is 5.97 Å². The zero-order valence-electron chi connectivity index (χ0n) is 16.3. The van der Waals surface area contributed by atoms with Crippen LogP contribution in [0, 0.1) is 5.92 Å². The summed E-state index contributed by atoms with van der Waals surface area (Å²) in [5, 5.41) is 5.88. The number of ether oxygens (including phenoxy) is 1. The van der Waals surface area contributed by atoms with E-state index in [2.05, 4.69) is 23.1 Å². The van der Waals surface area contributed by atoms with Crippen LogP contribution >= 0.6 is 34.9 Å². The minimum atomic E-state index is -0.363. The van der Waals surface area contributed by atoms with Crippen molar-refractivity contribution in [1.82, 2.24) is 10.9 Å². The molecule has 0 aromatic carbocycles. The van der Waals surface area contributed by atoms with Crippen LogP contribution in [0.25, 0.3) is 0 Å². The number of anilines is 1. The van der Waals surface area contributed by atoms with E-state index in [-0.39, 0.29) is 17.0 Å². The molecule has 29 heavy (non-hydrogen) atoms. The van der Waals surface area contributed by atoms with Gasteiger partial charge in [-0.3, -0.25) is 15.6 Å². The standard InChI is InChI=1S/C20H23N3O3S3/c1-10-6-7-11-13(9-28-15(11)8-10)17(24)22-23-20(27)21-18-16(19(25)26-2)12-4-3-5-14(12)29-18/h9-10H,3-8H2,1-2H3,(H,22,24)(H2,21,23,27). The Morgan fingerprint density at radius 1 is 1.17 bits per heavy atom. The first kappa shape index (κ1) is 20.3. The Morgan fingerprint density at radius 3 is 2.79 bits per heavy atom. The molecule has 2 aliphatic rings. The molecule has 9 heteroatoms. The Hall–Kier alpha value is -1.97. The van der Waals surface area contributed by atoms with Gasteiger partial charge in [0.05, 0.1) is 18.2 Å². The van der Waals surface area contributed by atoms with Gasteiger partial charge in [0.2, 0.25) is 0 Å². The largest absolute Gasteiger partial charge is 0.465 e. The third kappa shape index (κ3) is 4.04. The minimum Gasteiger partial charge on any atom is -0.465 e. The molecule has 0 radical (unpaired) electrons. The van der Waals surface area contributed by atoms with Crippen LogP contribution in [0.15, 0.2) is 5.38 Å². The van der Waals surface area contributed by atoms with Gasteiger partial charge in [0.25, 0.3) is 5.91 Å². The summed E-state index contributed by atoms with van der Waals surface area (Å²) in [5.74, 6) is 0.115. The number of nitrogens with one attached hydrogen (secondary N) is 3. The summed E-state index contributed by atoms with van der Waals surface area (Å²) < 4.78 is 4.95. The Bertz CT molecular complexity index is 979. The second-order valence-corrected chi connectivity index (χ2v) is 9.96. The van der Waals surface area contributed by atoms with Crippen LogP contribution in [-0.4, -0.2) is 24.1 Å².